The first-order valence-electron chi connectivity index (χ1n) is 10.5. The number of benzene rings is 1. The molecule has 0 spiro atoms. The van der Waals surface area contributed by atoms with E-state index >= 15 is 0 Å². The fourth-order valence-corrected chi connectivity index (χ4v) is 6.48. The first-order chi connectivity index (χ1) is 15.4. The molecule has 166 valence electrons. The number of anilines is 1. The van der Waals surface area contributed by atoms with Gasteiger partial charge in [0.2, 0.25) is 5.91 Å². The minimum absolute atomic E-state index is 0.151. The SMILES string of the molecule is CC(C)N1CCc2c(sc(NC(=O)Cn3c(O)ccc3O)c2-c2nc3ccccc3s2)C1. The number of fused-ring (bicyclic) bond motifs is 2. The number of nitrogens with zero attached hydrogens (tertiary/aromatic N) is 3. The van der Waals surface area contributed by atoms with Crippen molar-refractivity contribution in [1.82, 2.24) is 14.5 Å². The Hall–Kier alpha value is -2.88. The first-order valence-corrected chi connectivity index (χ1v) is 12.2. The van der Waals surface area contributed by atoms with Gasteiger partial charge in [0, 0.05) is 41.7 Å². The van der Waals surface area contributed by atoms with Gasteiger partial charge in [0.15, 0.2) is 11.8 Å². The summed E-state index contributed by atoms with van der Waals surface area (Å²) in [7, 11) is 0. The van der Waals surface area contributed by atoms with E-state index < -0.39 is 0 Å². The summed E-state index contributed by atoms with van der Waals surface area (Å²) in [5.41, 5.74) is 3.21. The molecule has 0 fully saturated rings. The maximum absolute atomic E-state index is 12.9. The summed E-state index contributed by atoms with van der Waals surface area (Å²) in [6.45, 7) is 6.05. The van der Waals surface area contributed by atoms with Crippen molar-refractivity contribution in [3.8, 4) is 22.3 Å². The van der Waals surface area contributed by atoms with Gasteiger partial charge < -0.3 is 15.5 Å². The quantitative estimate of drug-likeness (QED) is 0.397. The maximum Gasteiger partial charge on any atom is 0.245 e. The van der Waals surface area contributed by atoms with Crippen LogP contribution >= 0.6 is 22.7 Å². The zero-order chi connectivity index (χ0) is 22.4. The Balaban J connectivity index is 1.53. The summed E-state index contributed by atoms with van der Waals surface area (Å²) in [5, 5.41) is 24.5. The van der Waals surface area contributed by atoms with Crippen molar-refractivity contribution < 1.29 is 15.0 Å². The standard InChI is InChI=1S/C23H24N4O3S2/c1-13(2)26-10-9-14-17(11-26)32-23(25-18(28)12-27-19(29)7-8-20(27)30)21(14)22-24-15-5-3-4-6-16(15)31-22/h3-8,13,29-30H,9-12H2,1-2H3,(H,25,28). The molecule has 0 bridgehead atoms. The van der Waals surface area contributed by atoms with Crippen LogP contribution in [0.1, 0.15) is 24.3 Å². The number of hydrogen-bond acceptors (Lipinski definition) is 7. The molecule has 0 saturated carbocycles. The Kier molecular flexibility index (Phi) is 5.40. The van der Waals surface area contributed by atoms with E-state index in [2.05, 4.69) is 30.1 Å². The molecule has 4 heterocycles. The number of amides is 1. The molecule has 7 nitrogen and oxygen atoms in total. The van der Waals surface area contributed by atoms with Crippen LogP contribution in [0.5, 0.6) is 11.8 Å². The van der Waals surface area contributed by atoms with E-state index in [9.17, 15) is 15.0 Å². The lowest BCUT2D eigenvalue weighted by Gasteiger charge is -2.30. The number of aromatic nitrogens is 2. The summed E-state index contributed by atoms with van der Waals surface area (Å²) >= 11 is 3.23. The van der Waals surface area contributed by atoms with E-state index in [1.54, 1.807) is 22.7 Å². The van der Waals surface area contributed by atoms with Gasteiger partial charge in [-0.05, 0) is 38.0 Å². The molecule has 1 aliphatic heterocycles. The number of nitrogens with one attached hydrogen (secondary N) is 1. The predicted octanol–water partition coefficient (Wildman–Crippen LogP) is 4.64. The highest BCUT2D eigenvalue weighted by atomic mass is 32.1. The van der Waals surface area contributed by atoms with Crippen molar-refractivity contribution in [3.63, 3.8) is 0 Å². The van der Waals surface area contributed by atoms with Crippen molar-refractivity contribution >= 4 is 43.8 Å². The van der Waals surface area contributed by atoms with Crippen molar-refractivity contribution in [2.75, 3.05) is 11.9 Å². The summed E-state index contributed by atoms with van der Waals surface area (Å²) in [6.07, 6.45) is 0.907. The van der Waals surface area contributed by atoms with E-state index in [1.807, 2.05) is 18.2 Å². The van der Waals surface area contributed by atoms with Crippen molar-refractivity contribution in [1.29, 1.82) is 0 Å². The Bertz CT molecular complexity index is 1250. The van der Waals surface area contributed by atoms with Crippen LogP contribution in [0.3, 0.4) is 0 Å². The van der Waals surface area contributed by atoms with E-state index in [-0.39, 0.29) is 24.2 Å². The third-order valence-electron chi connectivity index (χ3n) is 5.81. The van der Waals surface area contributed by atoms with Crippen molar-refractivity contribution in [2.45, 2.75) is 39.4 Å². The number of thiazole rings is 1. The van der Waals surface area contributed by atoms with Crippen molar-refractivity contribution in [3.05, 3.63) is 46.8 Å². The molecule has 5 rings (SSSR count). The topological polar surface area (TPSA) is 90.6 Å². The molecule has 1 amide bonds. The average Bonchev–Trinajstić information content (AvgIpc) is 3.43. The molecule has 1 aliphatic rings. The van der Waals surface area contributed by atoms with Gasteiger partial charge in [-0.25, -0.2) is 4.98 Å². The van der Waals surface area contributed by atoms with Gasteiger partial charge in [-0.3, -0.25) is 14.3 Å². The molecule has 32 heavy (non-hydrogen) atoms. The molecule has 0 atom stereocenters. The Morgan fingerprint density at radius 1 is 1.16 bits per heavy atom. The van der Waals surface area contributed by atoms with Crippen molar-refractivity contribution in [2.24, 2.45) is 0 Å². The molecule has 3 aromatic heterocycles. The molecular weight excluding hydrogens is 444 g/mol. The summed E-state index contributed by atoms with van der Waals surface area (Å²) in [4.78, 5) is 21.4. The number of aromatic hydroxyl groups is 2. The lowest BCUT2D eigenvalue weighted by atomic mass is 10.0. The zero-order valence-electron chi connectivity index (χ0n) is 17.8. The monoisotopic (exact) mass is 468 g/mol. The van der Waals surface area contributed by atoms with Crippen LogP contribution in [0.4, 0.5) is 5.00 Å². The second kappa shape index (κ2) is 8.23. The summed E-state index contributed by atoms with van der Waals surface area (Å²) < 4.78 is 2.28. The van der Waals surface area contributed by atoms with Crippen LogP contribution in [0.15, 0.2) is 36.4 Å². The van der Waals surface area contributed by atoms with Gasteiger partial charge in [-0.1, -0.05) is 12.1 Å². The smallest absolute Gasteiger partial charge is 0.245 e. The Morgan fingerprint density at radius 2 is 1.91 bits per heavy atom. The summed E-state index contributed by atoms with van der Waals surface area (Å²) in [5.74, 6) is -0.613. The number of para-hydroxylation sites is 1. The van der Waals surface area contributed by atoms with Crippen LogP contribution in [0.25, 0.3) is 20.8 Å². The molecule has 0 saturated heterocycles. The third kappa shape index (κ3) is 3.76. The molecule has 1 aromatic carbocycles. The highest BCUT2D eigenvalue weighted by Crippen LogP contribution is 2.46. The van der Waals surface area contributed by atoms with Gasteiger partial charge in [0.25, 0.3) is 0 Å². The molecule has 3 N–H and O–H groups in total. The first kappa shape index (κ1) is 21.0. The molecule has 0 radical (unpaired) electrons. The number of rotatable bonds is 5. The largest absolute Gasteiger partial charge is 0.494 e. The van der Waals surface area contributed by atoms with Gasteiger partial charge >= 0.3 is 0 Å². The lowest BCUT2D eigenvalue weighted by Crippen LogP contribution is -2.35. The molecular formula is C23H24N4O3S2. The normalized spacial score (nSPS) is 14.2. The number of carbonyl (C=O) groups excluding carboxylic acids is 1. The fraction of sp³-hybridized carbons (Fsp3) is 0.304. The number of hydrogen-bond donors (Lipinski definition) is 3. The zero-order valence-corrected chi connectivity index (χ0v) is 19.5. The van der Waals surface area contributed by atoms with Gasteiger partial charge in [-0.2, -0.15) is 0 Å². The molecule has 0 aliphatic carbocycles. The summed E-state index contributed by atoms with van der Waals surface area (Å²) in [6, 6.07) is 11.2. The second-order valence-electron chi connectivity index (χ2n) is 8.19. The number of carbonyl (C=O) groups is 1. The van der Waals surface area contributed by atoms with Gasteiger partial charge in [0.05, 0.1) is 10.2 Å². The second-order valence-corrected chi connectivity index (χ2v) is 10.3. The third-order valence-corrected chi connectivity index (χ3v) is 8.00. The van der Waals surface area contributed by atoms with Crippen LogP contribution in [-0.2, 0) is 24.3 Å². The lowest BCUT2D eigenvalue weighted by molar-refractivity contribution is -0.116. The van der Waals surface area contributed by atoms with Gasteiger partial charge in [-0.15, -0.1) is 22.7 Å². The molecule has 0 unspecified atom stereocenters. The molecule has 9 heteroatoms. The average molecular weight is 469 g/mol. The molecule has 4 aromatic rings. The predicted molar refractivity (Wildman–Crippen MR) is 129 cm³/mol. The van der Waals surface area contributed by atoms with Crippen LogP contribution in [-0.4, -0.2) is 43.2 Å². The Labute approximate surface area is 193 Å². The highest BCUT2D eigenvalue weighted by molar-refractivity contribution is 7.22. The van der Waals surface area contributed by atoms with E-state index in [0.29, 0.717) is 6.04 Å². The van der Waals surface area contributed by atoms with E-state index in [0.717, 1.165) is 45.3 Å². The van der Waals surface area contributed by atoms with Crippen LogP contribution in [0.2, 0.25) is 0 Å². The minimum Gasteiger partial charge on any atom is -0.494 e. The Morgan fingerprint density at radius 3 is 2.62 bits per heavy atom. The van der Waals surface area contributed by atoms with Crippen LogP contribution in [0, 0.1) is 0 Å². The van der Waals surface area contributed by atoms with Crippen LogP contribution < -0.4 is 5.32 Å². The highest BCUT2D eigenvalue weighted by Gasteiger charge is 2.28. The number of thiophene rings is 1. The van der Waals surface area contributed by atoms with Gasteiger partial charge in [0.1, 0.15) is 16.6 Å². The van der Waals surface area contributed by atoms with E-state index in [4.69, 9.17) is 4.98 Å². The van der Waals surface area contributed by atoms with E-state index in [1.165, 1.54) is 27.1 Å². The fourth-order valence-electron chi connectivity index (χ4n) is 4.08. The minimum atomic E-state index is -0.312. The maximum atomic E-state index is 12.9.